The molecule has 206 valence electrons. The van der Waals surface area contributed by atoms with Gasteiger partial charge in [0.15, 0.2) is 0 Å². The van der Waals surface area contributed by atoms with E-state index in [1.165, 1.54) is 24.4 Å². The highest BCUT2D eigenvalue weighted by molar-refractivity contribution is 6.01. The number of carbonyl (C=O) groups excluding carboxylic acids is 2. The number of aryl methyl sites for hydroxylation is 1. The molecule has 0 atom stereocenters. The minimum atomic E-state index is -5.26. The van der Waals surface area contributed by atoms with Gasteiger partial charge in [0.1, 0.15) is 0 Å². The van der Waals surface area contributed by atoms with Crippen molar-refractivity contribution < 1.29 is 35.9 Å². The Labute approximate surface area is 222 Å². The van der Waals surface area contributed by atoms with Crippen LogP contribution in [0.4, 0.5) is 38.0 Å². The van der Waals surface area contributed by atoms with Crippen LogP contribution in [0.5, 0.6) is 0 Å². The molecule has 0 unspecified atom stereocenters. The molecule has 2 heterocycles. The van der Waals surface area contributed by atoms with Crippen molar-refractivity contribution in [2.45, 2.75) is 19.3 Å². The lowest BCUT2D eigenvalue weighted by molar-refractivity contribution is -0.143. The number of halogens is 6. The van der Waals surface area contributed by atoms with Gasteiger partial charge in [-0.1, -0.05) is 12.1 Å². The SMILES string of the molecule is Cc1ccc(C(=O)NNC(=O)c2c(C(F)(F)F)cccc2C(F)(F)F)cc1Nc1nccc(-c2cccnc2)n1. The summed E-state index contributed by atoms with van der Waals surface area (Å²) in [7, 11) is 0. The maximum Gasteiger partial charge on any atom is 0.417 e. The summed E-state index contributed by atoms with van der Waals surface area (Å²) in [6.45, 7) is 1.71. The van der Waals surface area contributed by atoms with Crippen molar-refractivity contribution in [3.05, 3.63) is 101 Å². The topological polar surface area (TPSA) is 109 Å². The molecule has 2 aromatic carbocycles. The van der Waals surface area contributed by atoms with E-state index >= 15 is 0 Å². The fourth-order valence-electron chi connectivity index (χ4n) is 3.63. The largest absolute Gasteiger partial charge is 0.417 e. The van der Waals surface area contributed by atoms with Gasteiger partial charge in [-0.05, 0) is 55.0 Å². The lowest BCUT2D eigenvalue weighted by Gasteiger charge is -2.18. The zero-order chi connectivity index (χ0) is 29.1. The second kappa shape index (κ2) is 11.0. The summed E-state index contributed by atoms with van der Waals surface area (Å²) < 4.78 is 80.2. The highest BCUT2D eigenvalue weighted by atomic mass is 19.4. The standard InChI is InChI=1S/C26H18F6N6O2/c1-14-7-8-15(12-20(14)36-24-34-11-9-19(35-24)16-4-3-10-33-13-16)22(39)37-38-23(40)21-17(25(27,28)29)5-2-6-18(21)26(30,31)32/h2-13H,1H3,(H,37,39)(H,38,40)(H,34,35,36). The molecule has 8 nitrogen and oxygen atoms in total. The molecule has 4 aromatic rings. The van der Waals surface area contributed by atoms with E-state index in [0.29, 0.717) is 35.1 Å². The maximum atomic E-state index is 13.4. The van der Waals surface area contributed by atoms with E-state index in [2.05, 4.69) is 20.3 Å². The normalized spacial score (nSPS) is 11.6. The highest BCUT2D eigenvalue weighted by Crippen LogP contribution is 2.39. The van der Waals surface area contributed by atoms with Crippen molar-refractivity contribution >= 4 is 23.5 Å². The number of hydrogen-bond acceptors (Lipinski definition) is 6. The van der Waals surface area contributed by atoms with Crippen molar-refractivity contribution in [2.75, 3.05) is 5.32 Å². The summed E-state index contributed by atoms with van der Waals surface area (Å²) in [6, 6.07) is 10.7. The summed E-state index contributed by atoms with van der Waals surface area (Å²) in [5.74, 6) is -2.61. The molecule has 0 aliphatic rings. The van der Waals surface area contributed by atoms with Crippen molar-refractivity contribution in [3.8, 4) is 11.3 Å². The van der Waals surface area contributed by atoms with E-state index in [1.54, 1.807) is 42.9 Å². The molecule has 0 fully saturated rings. The molecule has 14 heteroatoms. The average Bonchev–Trinajstić information content (AvgIpc) is 2.92. The predicted molar refractivity (Wildman–Crippen MR) is 131 cm³/mol. The number of pyridine rings is 1. The zero-order valence-electron chi connectivity index (χ0n) is 20.4. The van der Waals surface area contributed by atoms with Gasteiger partial charge in [-0.15, -0.1) is 0 Å². The molecule has 0 saturated heterocycles. The second-order valence-corrected chi connectivity index (χ2v) is 8.29. The molecule has 0 aliphatic heterocycles. The van der Waals surface area contributed by atoms with E-state index in [4.69, 9.17) is 0 Å². The average molecular weight is 560 g/mol. The van der Waals surface area contributed by atoms with Gasteiger partial charge in [0.2, 0.25) is 5.95 Å². The van der Waals surface area contributed by atoms with E-state index in [0.717, 1.165) is 5.56 Å². The van der Waals surface area contributed by atoms with Gasteiger partial charge >= 0.3 is 12.4 Å². The first-order valence-corrected chi connectivity index (χ1v) is 11.3. The minimum absolute atomic E-state index is 0.0723. The maximum absolute atomic E-state index is 13.4. The van der Waals surface area contributed by atoms with E-state index in [-0.39, 0.29) is 11.5 Å². The van der Waals surface area contributed by atoms with Gasteiger partial charge in [0.05, 0.1) is 22.4 Å². The third kappa shape index (κ3) is 6.34. The van der Waals surface area contributed by atoms with Crippen LogP contribution in [-0.2, 0) is 12.4 Å². The molecule has 0 spiro atoms. The Kier molecular flexibility index (Phi) is 7.70. The lowest BCUT2D eigenvalue weighted by atomic mass is 9.99. The summed E-state index contributed by atoms with van der Waals surface area (Å²) in [6.07, 6.45) is -5.79. The molecule has 2 amide bonds. The Hall–Kier alpha value is -5.01. The molecule has 2 aromatic heterocycles. The number of nitrogens with one attached hydrogen (secondary N) is 3. The number of carbonyl (C=O) groups is 2. The summed E-state index contributed by atoms with van der Waals surface area (Å²) in [5.41, 5.74) is 0.490. The number of aromatic nitrogens is 3. The zero-order valence-corrected chi connectivity index (χ0v) is 20.4. The Balaban J connectivity index is 1.53. The first-order chi connectivity index (χ1) is 18.8. The first-order valence-electron chi connectivity index (χ1n) is 11.3. The summed E-state index contributed by atoms with van der Waals surface area (Å²) >= 11 is 0. The second-order valence-electron chi connectivity index (χ2n) is 8.29. The molecular weight excluding hydrogens is 542 g/mol. The molecule has 0 radical (unpaired) electrons. The molecular formula is C26H18F6N6O2. The van der Waals surface area contributed by atoms with Crippen molar-refractivity contribution in [2.24, 2.45) is 0 Å². The van der Waals surface area contributed by atoms with E-state index < -0.39 is 40.9 Å². The van der Waals surface area contributed by atoms with Crippen molar-refractivity contribution in [3.63, 3.8) is 0 Å². The van der Waals surface area contributed by atoms with Crippen LogP contribution in [-0.4, -0.2) is 26.8 Å². The number of nitrogens with zero attached hydrogens (tertiary/aromatic N) is 3. The Morgan fingerprint density at radius 3 is 2.10 bits per heavy atom. The Morgan fingerprint density at radius 1 is 0.800 bits per heavy atom. The van der Waals surface area contributed by atoms with Crippen LogP contribution >= 0.6 is 0 Å². The van der Waals surface area contributed by atoms with Crippen LogP contribution in [0.25, 0.3) is 11.3 Å². The fraction of sp³-hybridized carbons (Fsp3) is 0.115. The van der Waals surface area contributed by atoms with Crippen LogP contribution < -0.4 is 16.2 Å². The lowest BCUT2D eigenvalue weighted by Crippen LogP contribution is -2.43. The van der Waals surface area contributed by atoms with E-state index in [1.807, 2.05) is 5.43 Å². The Morgan fingerprint density at radius 2 is 1.48 bits per heavy atom. The third-order valence-corrected chi connectivity index (χ3v) is 5.55. The van der Waals surface area contributed by atoms with Gasteiger partial charge in [-0.3, -0.25) is 25.4 Å². The number of benzene rings is 2. The minimum Gasteiger partial charge on any atom is -0.324 e. The number of amides is 2. The first kappa shape index (κ1) is 28.0. The van der Waals surface area contributed by atoms with Crippen LogP contribution in [0.3, 0.4) is 0 Å². The van der Waals surface area contributed by atoms with Crippen LogP contribution in [0, 0.1) is 6.92 Å². The van der Waals surface area contributed by atoms with E-state index in [9.17, 15) is 35.9 Å². The number of anilines is 2. The number of rotatable bonds is 5. The third-order valence-electron chi connectivity index (χ3n) is 5.55. The Bertz CT molecular complexity index is 1530. The molecule has 0 aliphatic carbocycles. The molecule has 40 heavy (non-hydrogen) atoms. The molecule has 0 saturated carbocycles. The van der Waals surface area contributed by atoms with Crippen LogP contribution in [0.15, 0.2) is 73.2 Å². The molecule has 3 N–H and O–H groups in total. The van der Waals surface area contributed by atoms with Gasteiger partial charge in [-0.2, -0.15) is 26.3 Å². The summed E-state index contributed by atoms with van der Waals surface area (Å²) in [4.78, 5) is 37.7. The van der Waals surface area contributed by atoms with Gasteiger partial charge in [0, 0.05) is 35.4 Å². The molecule has 4 rings (SSSR count). The fourth-order valence-corrected chi connectivity index (χ4v) is 3.63. The van der Waals surface area contributed by atoms with Gasteiger partial charge in [0.25, 0.3) is 11.8 Å². The van der Waals surface area contributed by atoms with Crippen LogP contribution in [0.2, 0.25) is 0 Å². The van der Waals surface area contributed by atoms with Crippen molar-refractivity contribution in [1.29, 1.82) is 0 Å². The quantitative estimate of drug-likeness (QED) is 0.213. The number of alkyl halides is 6. The van der Waals surface area contributed by atoms with Gasteiger partial charge < -0.3 is 5.32 Å². The summed E-state index contributed by atoms with van der Waals surface area (Å²) in [5, 5.41) is 2.96. The van der Waals surface area contributed by atoms with Crippen molar-refractivity contribution in [1.82, 2.24) is 25.8 Å². The monoisotopic (exact) mass is 560 g/mol. The predicted octanol–water partition coefficient (Wildman–Crippen LogP) is 5.70. The number of hydrazine groups is 1. The smallest absolute Gasteiger partial charge is 0.324 e. The molecule has 0 bridgehead atoms. The van der Waals surface area contributed by atoms with Crippen LogP contribution in [0.1, 0.15) is 37.4 Å². The van der Waals surface area contributed by atoms with Gasteiger partial charge in [-0.25, -0.2) is 9.97 Å². The highest BCUT2D eigenvalue weighted by Gasteiger charge is 2.42. The number of hydrogen-bond donors (Lipinski definition) is 3.